The van der Waals surface area contributed by atoms with Crippen molar-refractivity contribution >= 4 is 26.8 Å². The molecule has 0 aromatic carbocycles. The summed E-state index contributed by atoms with van der Waals surface area (Å²) in [5, 5.41) is 2.70. The molecule has 1 aliphatic heterocycles. The fourth-order valence-corrected chi connectivity index (χ4v) is 1.92. The lowest BCUT2D eigenvalue weighted by Gasteiger charge is -2.26. The van der Waals surface area contributed by atoms with E-state index >= 15 is 0 Å². The Labute approximate surface area is 84.4 Å². The molecule has 0 atom stereocenters. The van der Waals surface area contributed by atoms with E-state index in [1.165, 1.54) is 0 Å². The van der Waals surface area contributed by atoms with Crippen molar-refractivity contribution in [3.8, 4) is 0 Å². The van der Waals surface area contributed by atoms with Gasteiger partial charge in [0.25, 0.3) is 0 Å². The van der Waals surface area contributed by atoms with Crippen LogP contribution in [0, 0.1) is 5.92 Å². The number of halogens is 4. The zero-order valence-corrected chi connectivity index (χ0v) is 9.00. The maximum Gasteiger partial charge on any atom is 0.497 e. The molecule has 1 saturated heterocycles. The minimum atomic E-state index is -5.09. The second kappa shape index (κ2) is 4.14. The standard InChI is InChI=1S/C5H8F3NO2S.BrH/c6-5(7,8)12(10,11)3-4-1-9-2-4;/h4,9H,1-3H2;1H. The highest BCUT2D eigenvalue weighted by molar-refractivity contribution is 8.93. The summed E-state index contributed by atoms with van der Waals surface area (Å²) >= 11 is 0. The molecule has 1 aliphatic rings. The van der Waals surface area contributed by atoms with Crippen LogP contribution in [0.3, 0.4) is 0 Å². The zero-order chi connectivity index (χ0) is 9.41. The van der Waals surface area contributed by atoms with Crippen molar-refractivity contribution < 1.29 is 21.6 Å². The normalized spacial score (nSPS) is 19.0. The molecule has 8 heteroatoms. The third kappa shape index (κ3) is 3.10. The van der Waals surface area contributed by atoms with E-state index < -0.39 is 21.1 Å². The molecule has 0 aliphatic carbocycles. The summed E-state index contributed by atoms with van der Waals surface area (Å²) in [5.41, 5.74) is -5.09. The first-order valence-electron chi connectivity index (χ1n) is 3.32. The zero-order valence-electron chi connectivity index (χ0n) is 6.47. The van der Waals surface area contributed by atoms with Crippen LogP contribution in [-0.2, 0) is 9.84 Å². The van der Waals surface area contributed by atoms with Gasteiger partial charge in [-0.2, -0.15) is 13.2 Å². The summed E-state index contributed by atoms with van der Waals surface area (Å²) in [6, 6.07) is 0. The van der Waals surface area contributed by atoms with E-state index in [-0.39, 0.29) is 22.9 Å². The van der Waals surface area contributed by atoms with Gasteiger partial charge >= 0.3 is 5.51 Å². The monoisotopic (exact) mass is 283 g/mol. The molecular formula is C5H9BrF3NO2S. The number of alkyl halides is 3. The lowest BCUT2D eigenvalue weighted by atomic mass is 10.1. The van der Waals surface area contributed by atoms with E-state index in [2.05, 4.69) is 5.32 Å². The van der Waals surface area contributed by atoms with Crippen LogP contribution in [0.4, 0.5) is 13.2 Å². The van der Waals surface area contributed by atoms with Crippen molar-refractivity contribution in [3.63, 3.8) is 0 Å². The van der Waals surface area contributed by atoms with E-state index in [0.29, 0.717) is 13.1 Å². The maximum absolute atomic E-state index is 11.7. The van der Waals surface area contributed by atoms with Gasteiger partial charge in [0.2, 0.25) is 9.84 Å². The molecular weight excluding hydrogens is 275 g/mol. The molecule has 80 valence electrons. The molecule has 0 aromatic heterocycles. The molecule has 0 radical (unpaired) electrons. The first-order valence-corrected chi connectivity index (χ1v) is 4.98. The lowest BCUT2D eigenvalue weighted by Crippen LogP contribution is -2.47. The summed E-state index contributed by atoms with van der Waals surface area (Å²) in [5.74, 6) is -1.17. The lowest BCUT2D eigenvalue weighted by molar-refractivity contribution is -0.0439. The molecule has 0 bridgehead atoms. The predicted octanol–water partition coefficient (Wildman–Crippen LogP) is 0.718. The summed E-state index contributed by atoms with van der Waals surface area (Å²) in [7, 11) is -4.90. The molecule has 1 fully saturated rings. The van der Waals surface area contributed by atoms with Gasteiger partial charge in [-0.15, -0.1) is 17.0 Å². The molecule has 3 nitrogen and oxygen atoms in total. The summed E-state index contributed by atoms with van der Waals surface area (Å²) in [4.78, 5) is 0. The quantitative estimate of drug-likeness (QED) is 0.812. The van der Waals surface area contributed by atoms with Crippen LogP contribution in [0.15, 0.2) is 0 Å². The van der Waals surface area contributed by atoms with Gasteiger partial charge in [0.15, 0.2) is 0 Å². The van der Waals surface area contributed by atoms with Crippen molar-refractivity contribution in [3.05, 3.63) is 0 Å². The Morgan fingerprint density at radius 3 is 2.00 bits per heavy atom. The van der Waals surface area contributed by atoms with Crippen LogP contribution in [0.1, 0.15) is 0 Å². The van der Waals surface area contributed by atoms with Gasteiger partial charge < -0.3 is 5.32 Å². The topological polar surface area (TPSA) is 46.2 Å². The largest absolute Gasteiger partial charge is 0.497 e. The van der Waals surface area contributed by atoms with E-state index in [1.54, 1.807) is 0 Å². The average molecular weight is 284 g/mol. The van der Waals surface area contributed by atoms with Gasteiger partial charge in [0.1, 0.15) is 0 Å². The first kappa shape index (κ1) is 13.2. The SMILES string of the molecule is Br.O=S(=O)(CC1CNC1)C(F)(F)F. The Hall–Kier alpha value is 0.180. The third-order valence-electron chi connectivity index (χ3n) is 1.67. The number of rotatable bonds is 2. The van der Waals surface area contributed by atoms with Crippen molar-refractivity contribution in [2.75, 3.05) is 18.8 Å². The van der Waals surface area contributed by atoms with Crippen molar-refractivity contribution in [2.24, 2.45) is 5.92 Å². The summed E-state index contributed by atoms with van der Waals surface area (Å²) in [6.07, 6.45) is 0. The number of nitrogens with one attached hydrogen (secondary N) is 1. The Kier molecular flexibility index (Phi) is 4.20. The van der Waals surface area contributed by atoms with E-state index in [9.17, 15) is 21.6 Å². The first-order chi connectivity index (χ1) is 5.33. The number of hydrogen-bond donors (Lipinski definition) is 1. The summed E-state index contributed by atoms with van der Waals surface area (Å²) in [6.45, 7) is 0.713. The average Bonchev–Trinajstić information content (AvgIpc) is 1.76. The van der Waals surface area contributed by atoms with Crippen molar-refractivity contribution in [2.45, 2.75) is 5.51 Å². The minimum Gasteiger partial charge on any atom is -0.316 e. The van der Waals surface area contributed by atoms with E-state index in [1.807, 2.05) is 0 Å². The van der Waals surface area contributed by atoms with Crippen LogP contribution >= 0.6 is 17.0 Å². The van der Waals surface area contributed by atoms with Crippen LogP contribution in [-0.4, -0.2) is 32.8 Å². The molecule has 1 rings (SSSR count). The Balaban J connectivity index is 0.00000144. The van der Waals surface area contributed by atoms with Gasteiger partial charge in [0, 0.05) is 13.1 Å². The molecule has 0 amide bonds. The fraction of sp³-hybridized carbons (Fsp3) is 1.00. The minimum absolute atomic E-state index is 0. The van der Waals surface area contributed by atoms with Crippen LogP contribution in [0.5, 0.6) is 0 Å². The maximum atomic E-state index is 11.7. The Morgan fingerprint density at radius 1 is 1.31 bits per heavy atom. The van der Waals surface area contributed by atoms with E-state index in [0.717, 1.165) is 0 Å². The molecule has 1 N–H and O–H groups in total. The van der Waals surface area contributed by atoms with Crippen molar-refractivity contribution in [1.29, 1.82) is 0 Å². The second-order valence-electron chi connectivity index (χ2n) is 2.75. The second-order valence-corrected chi connectivity index (χ2v) is 4.78. The fourth-order valence-electron chi connectivity index (χ4n) is 0.871. The highest BCUT2D eigenvalue weighted by Gasteiger charge is 2.46. The number of hydrogen-bond acceptors (Lipinski definition) is 3. The van der Waals surface area contributed by atoms with Gasteiger partial charge in [0.05, 0.1) is 5.75 Å². The Bertz CT molecular complexity index is 259. The third-order valence-corrected chi connectivity index (χ3v) is 3.29. The Morgan fingerprint density at radius 2 is 1.77 bits per heavy atom. The molecule has 0 spiro atoms. The van der Waals surface area contributed by atoms with Crippen molar-refractivity contribution in [1.82, 2.24) is 5.32 Å². The smallest absolute Gasteiger partial charge is 0.316 e. The van der Waals surface area contributed by atoms with Gasteiger partial charge in [-0.05, 0) is 5.92 Å². The predicted molar refractivity (Wildman–Crippen MR) is 46.5 cm³/mol. The molecule has 1 heterocycles. The van der Waals surface area contributed by atoms with E-state index in [4.69, 9.17) is 0 Å². The van der Waals surface area contributed by atoms with Crippen LogP contribution in [0.2, 0.25) is 0 Å². The molecule has 0 saturated carbocycles. The highest BCUT2D eigenvalue weighted by Crippen LogP contribution is 2.26. The molecule has 0 unspecified atom stereocenters. The number of sulfone groups is 1. The van der Waals surface area contributed by atoms with Gasteiger partial charge in [-0.1, -0.05) is 0 Å². The molecule has 13 heavy (non-hydrogen) atoms. The molecule has 0 aromatic rings. The highest BCUT2D eigenvalue weighted by atomic mass is 79.9. The van der Waals surface area contributed by atoms with Crippen LogP contribution in [0.25, 0.3) is 0 Å². The van der Waals surface area contributed by atoms with Gasteiger partial charge in [-0.25, -0.2) is 8.42 Å². The van der Waals surface area contributed by atoms with Crippen LogP contribution < -0.4 is 5.32 Å². The summed E-state index contributed by atoms with van der Waals surface area (Å²) < 4.78 is 56.2. The van der Waals surface area contributed by atoms with Gasteiger partial charge in [-0.3, -0.25) is 0 Å².